The number of aromatic hydroxyl groups is 1. The quantitative estimate of drug-likeness (QED) is 0.660. The second-order valence-electron chi connectivity index (χ2n) is 5.37. The number of carbonyl (C=O) groups excluding carboxylic acids is 1. The number of nitrogens with one attached hydrogen (secondary N) is 1. The number of hydrogen-bond donors (Lipinski definition) is 4. The third-order valence-corrected chi connectivity index (χ3v) is 2.71. The van der Waals surface area contributed by atoms with Crippen molar-refractivity contribution in [3.63, 3.8) is 0 Å². The Morgan fingerprint density at radius 3 is 2.32 bits per heavy atom. The normalized spacial score (nSPS) is 12.8. The number of phenols is 1. The molecule has 6 heteroatoms. The van der Waals surface area contributed by atoms with Gasteiger partial charge < -0.3 is 21.3 Å². The van der Waals surface area contributed by atoms with Gasteiger partial charge in [0.25, 0.3) is 0 Å². The molecule has 0 aliphatic rings. The molecule has 6 nitrogen and oxygen atoms in total. The number of carboxylic acids is 1. The van der Waals surface area contributed by atoms with Crippen LogP contribution in [0.4, 0.5) is 5.69 Å². The first kappa shape index (κ1) is 15.0. The van der Waals surface area contributed by atoms with E-state index in [0.29, 0.717) is 5.69 Å². The number of carboxylic acid groups (broad SMARTS) is 1. The Kier molecular flexibility index (Phi) is 4.16. The Balaban J connectivity index is 2.87. The van der Waals surface area contributed by atoms with E-state index < -0.39 is 29.1 Å². The monoisotopic (exact) mass is 266 g/mol. The predicted molar refractivity (Wildman–Crippen MR) is 71.1 cm³/mol. The topological polar surface area (TPSA) is 113 Å². The molecule has 104 valence electrons. The molecule has 1 aromatic carbocycles. The van der Waals surface area contributed by atoms with E-state index in [-0.39, 0.29) is 5.56 Å². The molecular weight excluding hydrogens is 248 g/mol. The van der Waals surface area contributed by atoms with Gasteiger partial charge in [-0.05, 0) is 17.5 Å². The second kappa shape index (κ2) is 5.27. The first-order valence-electron chi connectivity index (χ1n) is 5.75. The summed E-state index contributed by atoms with van der Waals surface area (Å²) in [6, 6.07) is 3.08. The fraction of sp³-hybridized carbons (Fsp3) is 0.385. The summed E-state index contributed by atoms with van der Waals surface area (Å²) in [7, 11) is 0. The van der Waals surface area contributed by atoms with Gasteiger partial charge in [-0.3, -0.25) is 4.79 Å². The van der Waals surface area contributed by atoms with Crippen LogP contribution in [0.3, 0.4) is 0 Å². The van der Waals surface area contributed by atoms with Gasteiger partial charge in [0.15, 0.2) is 0 Å². The van der Waals surface area contributed by atoms with Gasteiger partial charge in [0.2, 0.25) is 5.91 Å². The Hall–Kier alpha value is -2.08. The Labute approximate surface area is 111 Å². The van der Waals surface area contributed by atoms with Crippen LogP contribution in [-0.4, -0.2) is 28.1 Å². The molecular formula is C13H18N2O4. The lowest BCUT2D eigenvalue weighted by molar-refractivity contribution is -0.119. The fourth-order valence-corrected chi connectivity index (χ4v) is 1.40. The average molecular weight is 266 g/mol. The van der Waals surface area contributed by atoms with Crippen LogP contribution in [0.25, 0.3) is 0 Å². The summed E-state index contributed by atoms with van der Waals surface area (Å²) in [5.74, 6) is -2.04. The smallest absolute Gasteiger partial charge is 0.339 e. The average Bonchev–Trinajstić information content (AvgIpc) is 2.26. The number of rotatable bonds is 3. The zero-order chi connectivity index (χ0) is 14.8. The van der Waals surface area contributed by atoms with Gasteiger partial charge in [-0.25, -0.2) is 4.79 Å². The van der Waals surface area contributed by atoms with Gasteiger partial charge in [-0.15, -0.1) is 0 Å². The van der Waals surface area contributed by atoms with Crippen LogP contribution in [0.1, 0.15) is 31.1 Å². The number of anilines is 1. The van der Waals surface area contributed by atoms with Crippen LogP contribution in [0.2, 0.25) is 0 Å². The maximum atomic E-state index is 11.9. The molecule has 0 radical (unpaired) electrons. The van der Waals surface area contributed by atoms with Crippen LogP contribution < -0.4 is 11.1 Å². The molecule has 0 aliphatic heterocycles. The molecule has 0 aliphatic carbocycles. The summed E-state index contributed by atoms with van der Waals surface area (Å²) in [5.41, 5.74) is 5.47. The summed E-state index contributed by atoms with van der Waals surface area (Å²) in [4.78, 5) is 22.6. The first-order chi connectivity index (χ1) is 8.62. The van der Waals surface area contributed by atoms with E-state index >= 15 is 0 Å². The SMILES string of the molecule is CC(C)(C)[C@H](N)C(=O)Nc1ccc(C(=O)O)c(O)c1. The van der Waals surface area contributed by atoms with Crippen molar-refractivity contribution in [2.45, 2.75) is 26.8 Å². The summed E-state index contributed by atoms with van der Waals surface area (Å²) < 4.78 is 0. The predicted octanol–water partition coefficient (Wildman–Crippen LogP) is 1.40. The van der Waals surface area contributed by atoms with Crippen molar-refractivity contribution in [2.24, 2.45) is 11.1 Å². The summed E-state index contributed by atoms with van der Waals surface area (Å²) in [6.45, 7) is 5.51. The highest BCUT2D eigenvalue weighted by Gasteiger charge is 2.27. The van der Waals surface area contributed by atoms with Crippen molar-refractivity contribution in [3.05, 3.63) is 23.8 Å². The molecule has 0 saturated carbocycles. The summed E-state index contributed by atoms with van der Waals surface area (Å²) in [5, 5.41) is 20.8. The molecule has 1 aromatic rings. The number of nitrogens with two attached hydrogens (primary N) is 1. The molecule has 1 amide bonds. The molecule has 1 rings (SSSR count). The number of aromatic carboxylic acids is 1. The van der Waals surface area contributed by atoms with E-state index in [4.69, 9.17) is 10.8 Å². The minimum absolute atomic E-state index is 0.224. The fourth-order valence-electron chi connectivity index (χ4n) is 1.40. The largest absolute Gasteiger partial charge is 0.507 e. The number of hydrogen-bond acceptors (Lipinski definition) is 4. The van der Waals surface area contributed by atoms with Crippen LogP contribution in [0, 0.1) is 5.41 Å². The van der Waals surface area contributed by atoms with Crippen LogP contribution >= 0.6 is 0 Å². The number of benzene rings is 1. The highest BCUT2D eigenvalue weighted by Crippen LogP contribution is 2.23. The summed E-state index contributed by atoms with van der Waals surface area (Å²) in [6.07, 6.45) is 0. The van der Waals surface area contributed by atoms with Crippen LogP contribution in [0.5, 0.6) is 5.75 Å². The van der Waals surface area contributed by atoms with E-state index in [1.54, 1.807) is 0 Å². The Morgan fingerprint density at radius 1 is 1.32 bits per heavy atom. The standard InChI is InChI=1S/C13H18N2O4/c1-13(2,3)10(14)11(17)15-7-4-5-8(12(18)19)9(16)6-7/h4-6,10,16H,14H2,1-3H3,(H,15,17)(H,18,19)/t10-/m1/s1. The zero-order valence-corrected chi connectivity index (χ0v) is 11.1. The van der Waals surface area contributed by atoms with Crippen molar-refractivity contribution >= 4 is 17.6 Å². The molecule has 0 aromatic heterocycles. The second-order valence-corrected chi connectivity index (χ2v) is 5.37. The molecule has 0 unspecified atom stereocenters. The first-order valence-corrected chi connectivity index (χ1v) is 5.75. The van der Waals surface area contributed by atoms with Crippen LogP contribution in [-0.2, 0) is 4.79 Å². The molecule has 1 atom stereocenters. The Bertz CT molecular complexity index is 506. The molecule has 5 N–H and O–H groups in total. The van der Waals surface area contributed by atoms with Crippen molar-refractivity contribution in [1.82, 2.24) is 0 Å². The third kappa shape index (κ3) is 3.69. The van der Waals surface area contributed by atoms with Gasteiger partial charge >= 0.3 is 5.97 Å². The minimum Gasteiger partial charge on any atom is -0.507 e. The zero-order valence-electron chi connectivity index (χ0n) is 11.1. The van der Waals surface area contributed by atoms with Gasteiger partial charge in [-0.2, -0.15) is 0 Å². The van der Waals surface area contributed by atoms with Crippen molar-refractivity contribution in [2.75, 3.05) is 5.32 Å². The summed E-state index contributed by atoms with van der Waals surface area (Å²) >= 11 is 0. The van der Waals surface area contributed by atoms with E-state index in [2.05, 4.69) is 5.32 Å². The van der Waals surface area contributed by atoms with E-state index in [1.165, 1.54) is 18.2 Å². The van der Waals surface area contributed by atoms with Crippen molar-refractivity contribution < 1.29 is 19.8 Å². The van der Waals surface area contributed by atoms with Gasteiger partial charge in [0.1, 0.15) is 11.3 Å². The molecule has 0 spiro atoms. The number of carbonyl (C=O) groups is 2. The Morgan fingerprint density at radius 2 is 1.89 bits per heavy atom. The molecule has 0 fully saturated rings. The number of amides is 1. The highest BCUT2D eigenvalue weighted by atomic mass is 16.4. The van der Waals surface area contributed by atoms with Crippen molar-refractivity contribution in [1.29, 1.82) is 0 Å². The minimum atomic E-state index is -1.23. The van der Waals surface area contributed by atoms with Gasteiger partial charge in [-0.1, -0.05) is 20.8 Å². The molecule has 0 saturated heterocycles. The van der Waals surface area contributed by atoms with E-state index in [1.807, 2.05) is 20.8 Å². The molecule has 0 heterocycles. The molecule has 19 heavy (non-hydrogen) atoms. The maximum Gasteiger partial charge on any atom is 0.339 e. The highest BCUT2D eigenvalue weighted by molar-refractivity contribution is 5.97. The van der Waals surface area contributed by atoms with E-state index in [9.17, 15) is 14.7 Å². The maximum absolute atomic E-state index is 11.9. The van der Waals surface area contributed by atoms with Crippen LogP contribution in [0.15, 0.2) is 18.2 Å². The molecule has 0 bridgehead atoms. The van der Waals surface area contributed by atoms with Gasteiger partial charge in [0.05, 0.1) is 6.04 Å². The lowest BCUT2D eigenvalue weighted by atomic mass is 9.87. The van der Waals surface area contributed by atoms with Crippen molar-refractivity contribution in [3.8, 4) is 5.75 Å². The third-order valence-electron chi connectivity index (χ3n) is 2.71. The van der Waals surface area contributed by atoms with E-state index in [0.717, 1.165) is 0 Å². The van der Waals surface area contributed by atoms with Gasteiger partial charge in [0, 0.05) is 11.8 Å². The lowest BCUT2D eigenvalue weighted by Gasteiger charge is -2.25. The lowest BCUT2D eigenvalue weighted by Crippen LogP contribution is -2.45.